The Bertz CT molecular complexity index is 969. The quantitative estimate of drug-likeness (QED) is 0.610. The number of anilines is 1. The Balaban J connectivity index is 1.88. The summed E-state index contributed by atoms with van der Waals surface area (Å²) in [4.78, 5) is 24.6. The number of rotatable bonds is 7. The molecule has 1 N–H and O–H groups in total. The number of Topliss-reactive ketones (excluding diaryl/α,β-unsaturated/α-hetero) is 1. The molecule has 3 aromatic carbocycles. The van der Waals surface area contributed by atoms with Crippen LogP contribution in [0, 0.1) is 0 Å². The molecule has 0 aliphatic rings. The van der Waals surface area contributed by atoms with E-state index in [0.29, 0.717) is 28.3 Å². The van der Waals surface area contributed by atoms with Crippen LogP contribution in [-0.4, -0.2) is 18.8 Å². The van der Waals surface area contributed by atoms with E-state index in [1.165, 1.54) is 6.92 Å². The molecule has 0 saturated heterocycles. The third-order valence-corrected chi connectivity index (χ3v) is 4.17. The van der Waals surface area contributed by atoms with Crippen molar-refractivity contribution in [2.75, 3.05) is 12.4 Å². The van der Waals surface area contributed by atoms with Crippen LogP contribution in [-0.2, 0) is 4.79 Å². The number of carbonyl (C=O) groups excluding carboxylic acids is 2. The van der Waals surface area contributed by atoms with E-state index in [1.807, 2.05) is 30.3 Å². The summed E-state index contributed by atoms with van der Waals surface area (Å²) < 4.78 is 11.2. The second-order valence-electron chi connectivity index (χ2n) is 6.21. The fraction of sp³-hybridized carbons (Fsp3) is 0.130. The SMILES string of the molecule is COc1cccc(NC(=O)[C@@H](Oc2cccc(C(C)=O)c2)c2ccccc2)c1. The van der Waals surface area contributed by atoms with Crippen molar-refractivity contribution in [3.8, 4) is 11.5 Å². The molecule has 3 rings (SSSR count). The lowest BCUT2D eigenvalue weighted by Gasteiger charge is -2.20. The molecule has 5 heteroatoms. The Labute approximate surface area is 163 Å². The van der Waals surface area contributed by atoms with Crippen LogP contribution in [0.4, 0.5) is 5.69 Å². The molecule has 0 aliphatic carbocycles. The van der Waals surface area contributed by atoms with E-state index in [2.05, 4.69) is 5.32 Å². The van der Waals surface area contributed by atoms with Crippen LogP contribution in [0.5, 0.6) is 11.5 Å². The van der Waals surface area contributed by atoms with E-state index in [-0.39, 0.29) is 11.7 Å². The fourth-order valence-corrected chi connectivity index (χ4v) is 2.73. The molecule has 0 unspecified atom stereocenters. The zero-order chi connectivity index (χ0) is 19.9. The summed E-state index contributed by atoms with van der Waals surface area (Å²) in [6, 6.07) is 23.1. The van der Waals surface area contributed by atoms with E-state index >= 15 is 0 Å². The van der Waals surface area contributed by atoms with Gasteiger partial charge in [-0.2, -0.15) is 0 Å². The molecule has 0 aliphatic heterocycles. The van der Waals surface area contributed by atoms with E-state index in [4.69, 9.17) is 9.47 Å². The fourth-order valence-electron chi connectivity index (χ4n) is 2.73. The van der Waals surface area contributed by atoms with Crippen LogP contribution in [0.25, 0.3) is 0 Å². The van der Waals surface area contributed by atoms with Crippen LogP contribution < -0.4 is 14.8 Å². The van der Waals surface area contributed by atoms with Crippen molar-refractivity contribution in [1.82, 2.24) is 0 Å². The molecule has 5 nitrogen and oxygen atoms in total. The number of benzene rings is 3. The van der Waals surface area contributed by atoms with E-state index in [1.54, 1.807) is 55.6 Å². The average Bonchev–Trinajstić information content (AvgIpc) is 2.73. The van der Waals surface area contributed by atoms with Crippen molar-refractivity contribution in [3.63, 3.8) is 0 Å². The van der Waals surface area contributed by atoms with Gasteiger partial charge < -0.3 is 14.8 Å². The molecule has 28 heavy (non-hydrogen) atoms. The first-order valence-electron chi connectivity index (χ1n) is 8.84. The molecule has 0 fully saturated rings. The minimum absolute atomic E-state index is 0.0671. The smallest absolute Gasteiger partial charge is 0.270 e. The van der Waals surface area contributed by atoms with Crippen LogP contribution in [0.2, 0.25) is 0 Å². The maximum Gasteiger partial charge on any atom is 0.270 e. The molecule has 0 bridgehead atoms. The van der Waals surface area contributed by atoms with E-state index in [9.17, 15) is 9.59 Å². The van der Waals surface area contributed by atoms with Crippen LogP contribution in [0.15, 0.2) is 78.9 Å². The number of carbonyl (C=O) groups is 2. The monoisotopic (exact) mass is 375 g/mol. The topological polar surface area (TPSA) is 64.6 Å². The largest absolute Gasteiger partial charge is 0.497 e. The van der Waals surface area contributed by atoms with Crippen molar-refractivity contribution in [2.24, 2.45) is 0 Å². The Hall–Kier alpha value is -3.60. The Morgan fingerprint density at radius 2 is 1.57 bits per heavy atom. The van der Waals surface area contributed by atoms with Gasteiger partial charge in [0.2, 0.25) is 6.10 Å². The molecule has 3 aromatic rings. The highest BCUT2D eigenvalue weighted by Gasteiger charge is 2.23. The van der Waals surface area contributed by atoms with Crippen LogP contribution in [0.3, 0.4) is 0 Å². The molecular weight excluding hydrogens is 354 g/mol. The van der Waals surface area contributed by atoms with Crippen molar-refractivity contribution in [2.45, 2.75) is 13.0 Å². The second kappa shape index (κ2) is 8.86. The first-order chi connectivity index (χ1) is 13.6. The van der Waals surface area contributed by atoms with Crippen molar-refractivity contribution in [3.05, 3.63) is 90.0 Å². The number of nitrogens with one attached hydrogen (secondary N) is 1. The highest BCUT2D eigenvalue weighted by atomic mass is 16.5. The van der Waals surface area contributed by atoms with Gasteiger partial charge in [0.1, 0.15) is 11.5 Å². The van der Waals surface area contributed by atoms with Crippen molar-refractivity contribution >= 4 is 17.4 Å². The molecule has 0 radical (unpaired) electrons. The highest BCUT2D eigenvalue weighted by Crippen LogP contribution is 2.25. The van der Waals surface area contributed by atoms with Gasteiger partial charge in [0, 0.05) is 22.9 Å². The molecular formula is C23H21NO4. The first kappa shape index (κ1) is 19.2. The summed E-state index contributed by atoms with van der Waals surface area (Å²) >= 11 is 0. The average molecular weight is 375 g/mol. The molecule has 0 saturated carbocycles. The van der Waals surface area contributed by atoms with Crippen molar-refractivity contribution in [1.29, 1.82) is 0 Å². The lowest BCUT2D eigenvalue weighted by molar-refractivity contribution is -0.123. The zero-order valence-corrected chi connectivity index (χ0v) is 15.7. The lowest BCUT2D eigenvalue weighted by Crippen LogP contribution is -2.25. The standard InChI is InChI=1S/C23H21NO4/c1-16(25)18-10-6-13-21(14-18)28-22(17-8-4-3-5-9-17)23(26)24-19-11-7-12-20(15-19)27-2/h3-15,22H,1-2H3,(H,24,26)/t22-/m0/s1. The summed E-state index contributed by atoms with van der Waals surface area (Å²) in [5.74, 6) is 0.696. The van der Waals surface area contributed by atoms with Gasteiger partial charge in [-0.25, -0.2) is 0 Å². The van der Waals surface area contributed by atoms with Gasteiger partial charge in [-0.05, 0) is 31.2 Å². The number of ether oxygens (including phenoxy) is 2. The van der Waals surface area contributed by atoms with Gasteiger partial charge in [-0.15, -0.1) is 0 Å². The summed E-state index contributed by atoms with van der Waals surface area (Å²) in [5.41, 5.74) is 1.83. The number of amides is 1. The third-order valence-electron chi connectivity index (χ3n) is 4.17. The summed E-state index contributed by atoms with van der Waals surface area (Å²) in [5, 5.41) is 2.86. The summed E-state index contributed by atoms with van der Waals surface area (Å²) in [6.07, 6.45) is -0.880. The zero-order valence-electron chi connectivity index (χ0n) is 15.7. The maximum absolute atomic E-state index is 13.0. The summed E-state index contributed by atoms with van der Waals surface area (Å²) in [6.45, 7) is 1.49. The molecule has 1 amide bonds. The Morgan fingerprint density at radius 3 is 2.29 bits per heavy atom. The van der Waals surface area contributed by atoms with Crippen LogP contribution in [0.1, 0.15) is 28.9 Å². The number of hydrogen-bond acceptors (Lipinski definition) is 4. The van der Waals surface area contributed by atoms with E-state index in [0.717, 1.165) is 0 Å². The van der Waals surface area contributed by atoms with Gasteiger partial charge in [0.25, 0.3) is 5.91 Å². The minimum Gasteiger partial charge on any atom is -0.497 e. The predicted molar refractivity (Wildman–Crippen MR) is 108 cm³/mol. The highest BCUT2D eigenvalue weighted by molar-refractivity contribution is 5.96. The van der Waals surface area contributed by atoms with Gasteiger partial charge >= 0.3 is 0 Å². The molecule has 0 heterocycles. The Kier molecular flexibility index (Phi) is 6.07. The number of hydrogen-bond donors (Lipinski definition) is 1. The van der Waals surface area contributed by atoms with Gasteiger partial charge in [0.15, 0.2) is 5.78 Å². The predicted octanol–water partition coefficient (Wildman–Crippen LogP) is 4.66. The molecule has 0 aromatic heterocycles. The minimum atomic E-state index is -0.880. The van der Waals surface area contributed by atoms with Gasteiger partial charge in [-0.1, -0.05) is 48.5 Å². The van der Waals surface area contributed by atoms with Gasteiger partial charge in [0.05, 0.1) is 7.11 Å². The van der Waals surface area contributed by atoms with Crippen LogP contribution >= 0.6 is 0 Å². The third kappa shape index (κ3) is 4.76. The first-order valence-corrected chi connectivity index (χ1v) is 8.84. The Morgan fingerprint density at radius 1 is 0.857 bits per heavy atom. The lowest BCUT2D eigenvalue weighted by atomic mass is 10.1. The maximum atomic E-state index is 13.0. The summed E-state index contributed by atoms with van der Waals surface area (Å²) in [7, 11) is 1.57. The number of methoxy groups -OCH3 is 1. The second-order valence-corrected chi connectivity index (χ2v) is 6.21. The number of ketones is 1. The molecule has 1 atom stereocenters. The van der Waals surface area contributed by atoms with Gasteiger partial charge in [-0.3, -0.25) is 9.59 Å². The van der Waals surface area contributed by atoms with Crippen molar-refractivity contribution < 1.29 is 19.1 Å². The van der Waals surface area contributed by atoms with E-state index < -0.39 is 6.10 Å². The molecule has 0 spiro atoms. The normalized spacial score (nSPS) is 11.4. The molecule has 142 valence electrons.